The molecule has 0 aromatic heterocycles. The van der Waals surface area contributed by atoms with Gasteiger partial charge in [-0.15, -0.1) is 0 Å². The number of oxime groups is 1. The molecular formula is C5H9N3O3. The van der Waals surface area contributed by atoms with Crippen LogP contribution in [-0.4, -0.2) is 17.7 Å². The summed E-state index contributed by atoms with van der Waals surface area (Å²) in [7, 11) is 0. The van der Waals surface area contributed by atoms with Gasteiger partial charge in [-0.05, 0) is 6.42 Å². The Balaban J connectivity index is 4.13. The van der Waals surface area contributed by atoms with Gasteiger partial charge < -0.3 is 11.5 Å². The molecule has 0 atom stereocenters. The Kier molecular flexibility index (Phi) is 3.65. The van der Waals surface area contributed by atoms with Crippen LogP contribution < -0.4 is 11.5 Å². The molecule has 0 saturated heterocycles. The second kappa shape index (κ2) is 4.26. The normalized spacial score (nSPS) is 10.8. The van der Waals surface area contributed by atoms with E-state index in [4.69, 9.17) is 5.73 Å². The van der Waals surface area contributed by atoms with Gasteiger partial charge in [0.1, 0.15) is 5.71 Å². The molecule has 6 nitrogen and oxygen atoms in total. The number of carbonyl (C=O) groups is 2. The molecule has 0 heterocycles. The maximum Gasteiger partial charge on any atom is 0.430 e. The Bertz CT molecular complexity index is 199. The lowest BCUT2D eigenvalue weighted by atomic mass is 10.3. The van der Waals surface area contributed by atoms with Crippen LogP contribution in [0, 0.1) is 0 Å². The van der Waals surface area contributed by atoms with E-state index in [1.165, 1.54) is 0 Å². The number of nitrogens with zero attached hydrogens (tertiary/aromatic N) is 1. The van der Waals surface area contributed by atoms with E-state index in [0.29, 0.717) is 6.42 Å². The van der Waals surface area contributed by atoms with E-state index in [0.717, 1.165) is 0 Å². The Labute approximate surface area is 63.2 Å². The summed E-state index contributed by atoms with van der Waals surface area (Å²) in [5.74, 6) is -0.728. The first-order valence-electron chi connectivity index (χ1n) is 2.91. The zero-order valence-electron chi connectivity index (χ0n) is 6.03. The summed E-state index contributed by atoms with van der Waals surface area (Å²) in [5.41, 5.74) is 9.38. The highest BCUT2D eigenvalue weighted by atomic mass is 16.7. The van der Waals surface area contributed by atoms with Gasteiger partial charge in [0.05, 0.1) is 0 Å². The van der Waals surface area contributed by atoms with Gasteiger partial charge in [-0.25, -0.2) is 4.79 Å². The van der Waals surface area contributed by atoms with Crippen LogP contribution in [0.2, 0.25) is 0 Å². The van der Waals surface area contributed by atoms with Crippen LogP contribution >= 0.6 is 0 Å². The SMILES string of the molecule is CCC(=NOC(N)=O)C(N)=O. The van der Waals surface area contributed by atoms with Crippen molar-refractivity contribution in [1.29, 1.82) is 0 Å². The van der Waals surface area contributed by atoms with Crippen LogP contribution in [-0.2, 0) is 9.63 Å². The van der Waals surface area contributed by atoms with Gasteiger partial charge in [-0.2, -0.15) is 0 Å². The highest BCUT2D eigenvalue weighted by Gasteiger charge is 2.04. The van der Waals surface area contributed by atoms with Crippen LogP contribution in [0.4, 0.5) is 4.79 Å². The van der Waals surface area contributed by atoms with E-state index < -0.39 is 12.0 Å². The molecule has 0 radical (unpaired) electrons. The van der Waals surface area contributed by atoms with E-state index in [1.807, 2.05) is 0 Å². The summed E-state index contributed by atoms with van der Waals surface area (Å²) in [4.78, 5) is 24.4. The first-order valence-corrected chi connectivity index (χ1v) is 2.91. The highest BCUT2D eigenvalue weighted by molar-refractivity contribution is 6.38. The van der Waals surface area contributed by atoms with E-state index in [2.05, 4.69) is 15.7 Å². The Morgan fingerprint density at radius 3 is 2.27 bits per heavy atom. The number of hydrogen-bond acceptors (Lipinski definition) is 4. The molecule has 4 N–H and O–H groups in total. The van der Waals surface area contributed by atoms with Gasteiger partial charge >= 0.3 is 6.09 Å². The van der Waals surface area contributed by atoms with Gasteiger partial charge in [0.15, 0.2) is 0 Å². The number of rotatable bonds is 3. The Morgan fingerprint density at radius 2 is 2.00 bits per heavy atom. The first-order chi connectivity index (χ1) is 5.07. The first kappa shape index (κ1) is 9.41. The monoisotopic (exact) mass is 159 g/mol. The molecule has 0 aliphatic carbocycles. The molecule has 0 aliphatic rings. The summed E-state index contributed by atoms with van der Waals surface area (Å²) in [6.07, 6.45) is -0.778. The quantitative estimate of drug-likeness (QED) is 0.324. The number of amides is 2. The van der Waals surface area contributed by atoms with E-state index in [-0.39, 0.29) is 5.71 Å². The predicted molar refractivity (Wildman–Crippen MR) is 37.6 cm³/mol. The minimum Gasteiger partial charge on any atom is -0.364 e. The molecule has 0 saturated carbocycles. The van der Waals surface area contributed by atoms with Gasteiger partial charge in [-0.3, -0.25) is 9.63 Å². The molecule has 0 aromatic carbocycles. The van der Waals surface area contributed by atoms with Crippen LogP contribution in [0.25, 0.3) is 0 Å². The molecular weight excluding hydrogens is 150 g/mol. The fraction of sp³-hybridized carbons (Fsp3) is 0.400. The molecule has 0 bridgehead atoms. The largest absolute Gasteiger partial charge is 0.430 e. The van der Waals surface area contributed by atoms with E-state index in [1.54, 1.807) is 6.92 Å². The van der Waals surface area contributed by atoms with Crippen molar-refractivity contribution in [2.24, 2.45) is 16.6 Å². The van der Waals surface area contributed by atoms with Crippen molar-refractivity contribution >= 4 is 17.7 Å². The molecule has 0 aromatic rings. The maximum atomic E-state index is 10.4. The van der Waals surface area contributed by atoms with Gasteiger partial charge in [0, 0.05) is 0 Å². The maximum absolute atomic E-state index is 10.4. The number of nitrogens with two attached hydrogens (primary N) is 2. The number of hydrogen-bond donors (Lipinski definition) is 2. The summed E-state index contributed by atoms with van der Waals surface area (Å²) in [6, 6.07) is 0. The minimum absolute atomic E-state index is 0.0243. The standard InChI is InChI=1S/C5H9N3O3/c1-2-3(4(6)9)8-11-5(7)10/h2H2,1H3,(H2,6,9)(H2,7,10). The van der Waals surface area contributed by atoms with E-state index in [9.17, 15) is 9.59 Å². The molecule has 0 rings (SSSR count). The average molecular weight is 159 g/mol. The second-order valence-corrected chi connectivity index (χ2v) is 1.67. The average Bonchev–Trinajstić information content (AvgIpc) is 1.87. The van der Waals surface area contributed by atoms with Crippen LogP contribution in [0.15, 0.2) is 5.16 Å². The van der Waals surface area contributed by atoms with Crippen molar-refractivity contribution in [1.82, 2.24) is 0 Å². The van der Waals surface area contributed by atoms with Gasteiger partial charge in [0.2, 0.25) is 0 Å². The topological polar surface area (TPSA) is 108 Å². The van der Waals surface area contributed by atoms with Crippen molar-refractivity contribution in [3.63, 3.8) is 0 Å². The summed E-state index contributed by atoms with van der Waals surface area (Å²) < 4.78 is 0. The smallest absolute Gasteiger partial charge is 0.364 e. The third-order valence-corrected chi connectivity index (χ3v) is 0.865. The molecule has 6 heteroatoms. The van der Waals surface area contributed by atoms with Crippen LogP contribution in [0.3, 0.4) is 0 Å². The predicted octanol–water partition coefficient (Wildman–Crippen LogP) is -0.667. The fourth-order valence-corrected chi connectivity index (χ4v) is 0.384. The number of primary amides is 2. The minimum atomic E-state index is -1.07. The lowest BCUT2D eigenvalue weighted by molar-refractivity contribution is -0.112. The van der Waals surface area contributed by atoms with Crippen molar-refractivity contribution in [3.05, 3.63) is 0 Å². The molecule has 0 unspecified atom stereocenters. The summed E-state index contributed by atoms with van der Waals surface area (Å²) >= 11 is 0. The molecule has 0 spiro atoms. The summed E-state index contributed by atoms with van der Waals surface area (Å²) in [6.45, 7) is 1.65. The van der Waals surface area contributed by atoms with Crippen molar-refractivity contribution in [3.8, 4) is 0 Å². The molecule has 11 heavy (non-hydrogen) atoms. The molecule has 2 amide bonds. The van der Waals surface area contributed by atoms with Crippen molar-refractivity contribution in [2.75, 3.05) is 0 Å². The third kappa shape index (κ3) is 3.90. The lowest BCUT2D eigenvalue weighted by Crippen LogP contribution is -2.23. The Morgan fingerprint density at radius 1 is 1.45 bits per heavy atom. The Hall–Kier alpha value is -1.59. The van der Waals surface area contributed by atoms with E-state index >= 15 is 0 Å². The van der Waals surface area contributed by atoms with Gasteiger partial charge in [0.25, 0.3) is 5.91 Å². The van der Waals surface area contributed by atoms with Crippen LogP contribution in [0.5, 0.6) is 0 Å². The zero-order valence-corrected chi connectivity index (χ0v) is 6.03. The summed E-state index contributed by atoms with van der Waals surface area (Å²) in [5, 5.41) is 3.11. The van der Waals surface area contributed by atoms with Crippen LogP contribution in [0.1, 0.15) is 13.3 Å². The highest BCUT2D eigenvalue weighted by Crippen LogP contribution is 1.86. The molecule has 0 fully saturated rings. The molecule has 0 aliphatic heterocycles. The lowest BCUT2D eigenvalue weighted by Gasteiger charge is -1.94. The third-order valence-electron chi connectivity index (χ3n) is 0.865. The van der Waals surface area contributed by atoms with Crippen molar-refractivity contribution in [2.45, 2.75) is 13.3 Å². The van der Waals surface area contributed by atoms with Gasteiger partial charge in [-0.1, -0.05) is 12.1 Å². The fourth-order valence-electron chi connectivity index (χ4n) is 0.384. The van der Waals surface area contributed by atoms with Crippen molar-refractivity contribution < 1.29 is 14.4 Å². The zero-order chi connectivity index (χ0) is 8.85. The molecule has 62 valence electrons. The number of carbonyl (C=O) groups excluding carboxylic acids is 2. The second-order valence-electron chi connectivity index (χ2n) is 1.67.